The van der Waals surface area contributed by atoms with Gasteiger partial charge >= 0.3 is 0 Å². The molecule has 2 aromatic carbocycles. The lowest BCUT2D eigenvalue weighted by Gasteiger charge is -2.12. The lowest BCUT2D eigenvalue weighted by molar-refractivity contribution is 0.632. The zero-order valence-electron chi connectivity index (χ0n) is 11.7. The van der Waals surface area contributed by atoms with Gasteiger partial charge in [-0.2, -0.15) is 0 Å². The standard InChI is InChI=1S/C18H21N/c1-3-17(4-2)19-18(15-11-7-5-8-12-15)16-13-9-6-10-14-16/h5-14,17H,3-4H2,1-2H3. The summed E-state index contributed by atoms with van der Waals surface area (Å²) in [4.78, 5) is 4.97. The molecule has 0 N–H and O–H groups in total. The lowest BCUT2D eigenvalue weighted by Crippen LogP contribution is -2.10. The molecule has 1 heteroatoms. The Labute approximate surface area is 116 Å². The average Bonchev–Trinajstić information content (AvgIpc) is 2.50. The zero-order valence-corrected chi connectivity index (χ0v) is 11.7. The first kappa shape index (κ1) is 13.5. The van der Waals surface area contributed by atoms with Crippen molar-refractivity contribution in [1.82, 2.24) is 0 Å². The molecule has 0 aromatic heterocycles. The molecule has 0 aliphatic heterocycles. The van der Waals surface area contributed by atoms with E-state index in [0.29, 0.717) is 6.04 Å². The van der Waals surface area contributed by atoms with Crippen molar-refractivity contribution in [3.63, 3.8) is 0 Å². The van der Waals surface area contributed by atoms with Gasteiger partial charge in [0.2, 0.25) is 0 Å². The van der Waals surface area contributed by atoms with Crippen molar-refractivity contribution < 1.29 is 0 Å². The van der Waals surface area contributed by atoms with E-state index in [1.165, 1.54) is 11.1 Å². The van der Waals surface area contributed by atoms with E-state index in [1.807, 2.05) is 12.1 Å². The Hall–Kier alpha value is -1.89. The lowest BCUT2D eigenvalue weighted by atomic mass is 10.0. The van der Waals surface area contributed by atoms with Crippen molar-refractivity contribution in [1.29, 1.82) is 0 Å². The Morgan fingerprint density at radius 1 is 0.789 bits per heavy atom. The van der Waals surface area contributed by atoms with Gasteiger partial charge in [-0.15, -0.1) is 0 Å². The number of hydrogen-bond acceptors (Lipinski definition) is 1. The fraction of sp³-hybridized carbons (Fsp3) is 0.278. The number of nitrogens with zero attached hydrogens (tertiary/aromatic N) is 1. The third-order valence-electron chi connectivity index (χ3n) is 3.35. The third-order valence-corrected chi connectivity index (χ3v) is 3.35. The van der Waals surface area contributed by atoms with Crippen molar-refractivity contribution in [3.05, 3.63) is 71.8 Å². The van der Waals surface area contributed by atoms with Gasteiger partial charge in [0.15, 0.2) is 0 Å². The van der Waals surface area contributed by atoms with Crippen LogP contribution in [0.5, 0.6) is 0 Å². The van der Waals surface area contributed by atoms with Gasteiger partial charge in [-0.3, -0.25) is 4.99 Å². The summed E-state index contributed by atoms with van der Waals surface area (Å²) in [5, 5.41) is 0. The molecular formula is C18H21N. The summed E-state index contributed by atoms with van der Waals surface area (Å²) in [5.41, 5.74) is 3.50. The van der Waals surface area contributed by atoms with Crippen molar-refractivity contribution in [2.24, 2.45) is 4.99 Å². The summed E-state index contributed by atoms with van der Waals surface area (Å²) in [6.45, 7) is 4.40. The predicted octanol–water partition coefficient (Wildman–Crippen LogP) is 4.71. The van der Waals surface area contributed by atoms with Gasteiger partial charge in [-0.1, -0.05) is 74.5 Å². The second-order valence-corrected chi connectivity index (χ2v) is 4.68. The number of rotatable bonds is 5. The quantitative estimate of drug-likeness (QED) is 0.682. The van der Waals surface area contributed by atoms with Crippen LogP contribution in [0.4, 0.5) is 0 Å². The minimum atomic E-state index is 0.399. The first-order chi connectivity index (χ1) is 9.35. The molecule has 0 atom stereocenters. The molecule has 2 aromatic rings. The highest BCUT2D eigenvalue weighted by atomic mass is 14.8. The topological polar surface area (TPSA) is 12.4 Å². The summed E-state index contributed by atoms with van der Waals surface area (Å²) >= 11 is 0. The largest absolute Gasteiger partial charge is 0.281 e. The second kappa shape index (κ2) is 6.89. The fourth-order valence-corrected chi connectivity index (χ4v) is 2.16. The predicted molar refractivity (Wildman–Crippen MR) is 82.9 cm³/mol. The van der Waals surface area contributed by atoms with Gasteiger partial charge in [0.05, 0.1) is 11.8 Å². The Kier molecular flexibility index (Phi) is 4.91. The molecule has 98 valence electrons. The van der Waals surface area contributed by atoms with Crippen LogP contribution in [0.1, 0.15) is 37.8 Å². The highest BCUT2D eigenvalue weighted by molar-refractivity contribution is 6.12. The van der Waals surface area contributed by atoms with Gasteiger partial charge in [-0.05, 0) is 12.8 Å². The maximum absolute atomic E-state index is 4.97. The fourth-order valence-electron chi connectivity index (χ4n) is 2.16. The van der Waals surface area contributed by atoms with Crippen molar-refractivity contribution in [3.8, 4) is 0 Å². The van der Waals surface area contributed by atoms with Crippen LogP contribution in [-0.2, 0) is 0 Å². The van der Waals surface area contributed by atoms with Crippen LogP contribution in [0.25, 0.3) is 0 Å². The molecule has 0 radical (unpaired) electrons. The number of hydrogen-bond donors (Lipinski definition) is 0. The summed E-state index contributed by atoms with van der Waals surface area (Å²) in [6.07, 6.45) is 2.17. The van der Waals surface area contributed by atoms with Gasteiger partial charge in [0.1, 0.15) is 0 Å². The molecule has 0 saturated carbocycles. The van der Waals surface area contributed by atoms with E-state index < -0.39 is 0 Å². The monoisotopic (exact) mass is 251 g/mol. The Balaban J connectivity index is 2.45. The van der Waals surface area contributed by atoms with Crippen molar-refractivity contribution >= 4 is 5.71 Å². The molecule has 0 unspecified atom stereocenters. The molecule has 1 nitrogen and oxygen atoms in total. The van der Waals surface area contributed by atoms with E-state index in [0.717, 1.165) is 18.6 Å². The highest BCUT2D eigenvalue weighted by Crippen LogP contribution is 2.14. The first-order valence-electron chi connectivity index (χ1n) is 7.03. The maximum atomic E-state index is 4.97. The molecule has 19 heavy (non-hydrogen) atoms. The van der Waals surface area contributed by atoms with E-state index in [1.54, 1.807) is 0 Å². The van der Waals surface area contributed by atoms with E-state index in [9.17, 15) is 0 Å². The SMILES string of the molecule is CCC(CC)N=C(c1ccccc1)c1ccccc1. The van der Waals surface area contributed by atoms with Gasteiger partial charge in [0, 0.05) is 11.1 Å². The molecule has 0 heterocycles. The maximum Gasteiger partial charge on any atom is 0.0722 e. The molecule has 0 saturated heterocycles. The Morgan fingerprint density at radius 3 is 1.58 bits per heavy atom. The summed E-state index contributed by atoms with van der Waals surface area (Å²) in [6, 6.07) is 21.3. The highest BCUT2D eigenvalue weighted by Gasteiger charge is 2.09. The van der Waals surface area contributed by atoms with Crippen molar-refractivity contribution in [2.75, 3.05) is 0 Å². The Bertz CT molecular complexity index is 468. The van der Waals surface area contributed by atoms with E-state index >= 15 is 0 Å². The zero-order chi connectivity index (χ0) is 13.5. The number of benzene rings is 2. The van der Waals surface area contributed by atoms with E-state index in [2.05, 4.69) is 62.4 Å². The average molecular weight is 251 g/mol. The minimum Gasteiger partial charge on any atom is -0.281 e. The molecule has 0 amide bonds. The Morgan fingerprint density at radius 2 is 1.21 bits per heavy atom. The summed E-state index contributed by atoms with van der Waals surface area (Å²) in [7, 11) is 0. The van der Waals surface area contributed by atoms with E-state index in [4.69, 9.17) is 4.99 Å². The minimum absolute atomic E-state index is 0.399. The summed E-state index contributed by atoms with van der Waals surface area (Å²) in [5.74, 6) is 0. The van der Waals surface area contributed by atoms with Gasteiger partial charge in [-0.25, -0.2) is 0 Å². The molecule has 0 spiro atoms. The van der Waals surface area contributed by atoms with Crippen LogP contribution in [0.2, 0.25) is 0 Å². The number of aliphatic imine (C=N–C) groups is 1. The van der Waals surface area contributed by atoms with Crippen LogP contribution >= 0.6 is 0 Å². The van der Waals surface area contributed by atoms with E-state index in [-0.39, 0.29) is 0 Å². The van der Waals surface area contributed by atoms with Crippen LogP contribution in [0.3, 0.4) is 0 Å². The van der Waals surface area contributed by atoms with Crippen LogP contribution in [0, 0.1) is 0 Å². The van der Waals surface area contributed by atoms with Crippen molar-refractivity contribution in [2.45, 2.75) is 32.7 Å². The molecule has 0 aliphatic rings. The molecule has 0 fully saturated rings. The molecule has 0 aliphatic carbocycles. The smallest absolute Gasteiger partial charge is 0.0722 e. The molecular weight excluding hydrogens is 230 g/mol. The molecule has 2 rings (SSSR count). The summed E-state index contributed by atoms with van der Waals surface area (Å²) < 4.78 is 0. The van der Waals surface area contributed by atoms with Crippen LogP contribution < -0.4 is 0 Å². The van der Waals surface area contributed by atoms with Gasteiger partial charge < -0.3 is 0 Å². The van der Waals surface area contributed by atoms with Gasteiger partial charge in [0.25, 0.3) is 0 Å². The molecule has 0 bridgehead atoms. The third kappa shape index (κ3) is 3.54. The second-order valence-electron chi connectivity index (χ2n) is 4.68. The normalized spacial score (nSPS) is 10.5. The van der Waals surface area contributed by atoms with Crippen LogP contribution in [0.15, 0.2) is 65.7 Å². The van der Waals surface area contributed by atoms with Crippen LogP contribution in [-0.4, -0.2) is 11.8 Å². The first-order valence-corrected chi connectivity index (χ1v) is 7.03.